The van der Waals surface area contributed by atoms with Crippen LogP contribution < -0.4 is 4.74 Å². The van der Waals surface area contributed by atoms with Gasteiger partial charge in [-0.1, -0.05) is 23.8 Å². The Bertz CT molecular complexity index is 970. The molecule has 0 fully saturated rings. The Morgan fingerprint density at radius 3 is 2.59 bits per heavy atom. The molecule has 4 nitrogen and oxygen atoms in total. The molecule has 4 rings (SSSR count). The number of methoxy groups -OCH3 is 1. The van der Waals surface area contributed by atoms with Crippen molar-refractivity contribution in [3.63, 3.8) is 0 Å². The molecule has 0 aliphatic carbocycles. The lowest BCUT2D eigenvalue weighted by atomic mass is 9.95. The summed E-state index contributed by atoms with van der Waals surface area (Å²) < 4.78 is 7.57. The molecule has 1 aromatic heterocycles. The second kappa shape index (κ2) is 6.70. The van der Waals surface area contributed by atoms with E-state index < -0.39 is 5.60 Å². The molecule has 1 N–H and O–H groups in total. The molecule has 0 saturated carbocycles. The minimum atomic E-state index is -0.965. The molecule has 2 heterocycles. The number of ether oxygens (including phenoxy) is 1. The fourth-order valence-electron chi connectivity index (χ4n) is 4.22. The third-order valence-electron chi connectivity index (χ3n) is 5.78. The second-order valence-corrected chi connectivity index (χ2v) is 8.02. The standard InChI is InChI=1S/C23H28N2O2/c1-16-5-10-21-20(13-16)19-11-12-24(3)14-22(19)25(21)15-23(2,26)17-6-8-18(27-4)9-7-17/h5-10,13,26H,11-12,14-15H2,1-4H3/t23-/m1/s1. The maximum atomic E-state index is 11.3. The van der Waals surface area contributed by atoms with Gasteiger partial charge in [-0.05, 0) is 62.7 Å². The highest BCUT2D eigenvalue weighted by Gasteiger charge is 2.29. The highest BCUT2D eigenvalue weighted by molar-refractivity contribution is 5.86. The molecule has 0 saturated heterocycles. The third kappa shape index (κ3) is 3.24. The number of hydrogen-bond acceptors (Lipinski definition) is 3. The number of nitrogens with zero attached hydrogens (tertiary/aromatic N) is 2. The molecule has 0 unspecified atom stereocenters. The summed E-state index contributed by atoms with van der Waals surface area (Å²) in [4.78, 5) is 2.35. The van der Waals surface area contributed by atoms with Crippen LogP contribution in [0.25, 0.3) is 10.9 Å². The van der Waals surface area contributed by atoms with Gasteiger partial charge in [-0.2, -0.15) is 0 Å². The average molecular weight is 364 g/mol. The van der Waals surface area contributed by atoms with Crippen molar-refractivity contribution >= 4 is 10.9 Å². The van der Waals surface area contributed by atoms with E-state index in [4.69, 9.17) is 4.74 Å². The summed E-state index contributed by atoms with van der Waals surface area (Å²) in [6.45, 7) is 6.57. The lowest BCUT2D eigenvalue weighted by Gasteiger charge is -2.29. The van der Waals surface area contributed by atoms with Crippen LogP contribution in [-0.4, -0.2) is 35.3 Å². The van der Waals surface area contributed by atoms with Crippen molar-refractivity contribution in [3.8, 4) is 5.75 Å². The lowest BCUT2D eigenvalue weighted by molar-refractivity contribution is 0.0380. The van der Waals surface area contributed by atoms with E-state index in [2.05, 4.69) is 41.6 Å². The minimum absolute atomic E-state index is 0.530. The predicted octanol–water partition coefficient (Wildman–Crippen LogP) is 3.85. The Labute approximate surface area is 161 Å². The molecule has 0 radical (unpaired) electrons. The Morgan fingerprint density at radius 2 is 1.89 bits per heavy atom. The first-order valence-electron chi connectivity index (χ1n) is 9.55. The van der Waals surface area contributed by atoms with Gasteiger partial charge in [0.1, 0.15) is 11.4 Å². The van der Waals surface area contributed by atoms with E-state index in [1.807, 2.05) is 31.2 Å². The molecule has 1 aliphatic heterocycles. The highest BCUT2D eigenvalue weighted by atomic mass is 16.5. The molecule has 4 heteroatoms. The Kier molecular flexibility index (Phi) is 4.49. The zero-order valence-corrected chi connectivity index (χ0v) is 16.6. The highest BCUT2D eigenvalue weighted by Crippen LogP contribution is 2.34. The van der Waals surface area contributed by atoms with Crippen LogP contribution in [0.4, 0.5) is 0 Å². The van der Waals surface area contributed by atoms with Gasteiger partial charge in [-0.3, -0.25) is 0 Å². The van der Waals surface area contributed by atoms with E-state index in [0.29, 0.717) is 6.54 Å². The molecule has 1 atom stereocenters. The van der Waals surface area contributed by atoms with Crippen molar-refractivity contribution in [2.45, 2.75) is 39.0 Å². The van der Waals surface area contributed by atoms with Crippen LogP contribution >= 0.6 is 0 Å². The van der Waals surface area contributed by atoms with E-state index in [-0.39, 0.29) is 0 Å². The van der Waals surface area contributed by atoms with Gasteiger partial charge in [-0.25, -0.2) is 0 Å². The number of fused-ring (bicyclic) bond motifs is 3. The van der Waals surface area contributed by atoms with Crippen LogP contribution in [-0.2, 0) is 25.1 Å². The van der Waals surface area contributed by atoms with Crippen LogP contribution in [0.5, 0.6) is 5.75 Å². The molecule has 2 aromatic carbocycles. The van der Waals surface area contributed by atoms with Gasteiger partial charge in [0.2, 0.25) is 0 Å². The molecule has 1 aliphatic rings. The predicted molar refractivity (Wildman–Crippen MR) is 109 cm³/mol. The monoisotopic (exact) mass is 364 g/mol. The summed E-state index contributed by atoms with van der Waals surface area (Å²) in [6, 6.07) is 14.4. The molecule has 3 aromatic rings. The first kappa shape index (κ1) is 18.1. The molecular formula is C23H28N2O2. The maximum Gasteiger partial charge on any atom is 0.118 e. The van der Waals surface area contributed by atoms with Gasteiger partial charge in [0.15, 0.2) is 0 Å². The quantitative estimate of drug-likeness (QED) is 0.764. The first-order valence-corrected chi connectivity index (χ1v) is 9.55. The van der Waals surface area contributed by atoms with E-state index in [9.17, 15) is 5.11 Å². The molecule has 0 spiro atoms. The SMILES string of the molecule is COc1ccc([C@](C)(O)Cn2c3c(c4cc(C)ccc42)CCN(C)C3)cc1. The number of likely N-dealkylation sites (N-methyl/N-ethyl adjacent to an activating group) is 1. The van der Waals surface area contributed by atoms with E-state index in [1.165, 1.54) is 27.7 Å². The molecule has 142 valence electrons. The van der Waals surface area contributed by atoms with Gasteiger partial charge >= 0.3 is 0 Å². The summed E-state index contributed by atoms with van der Waals surface area (Å²) in [5.41, 5.74) is 5.20. The summed E-state index contributed by atoms with van der Waals surface area (Å²) >= 11 is 0. The largest absolute Gasteiger partial charge is 0.497 e. The Morgan fingerprint density at radius 1 is 1.15 bits per heavy atom. The summed E-state index contributed by atoms with van der Waals surface area (Å²) in [5, 5.41) is 12.7. The zero-order valence-electron chi connectivity index (χ0n) is 16.6. The Hall–Kier alpha value is -2.30. The average Bonchev–Trinajstić information content (AvgIpc) is 2.93. The fourth-order valence-corrected chi connectivity index (χ4v) is 4.22. The summed E-state index contributed by atoms with van der Waals surface area (Å²) in [5.74, 6) is 0.801. The summed E-state index contributed by atoms with van der Waals surface area (Å²) in [7, 11) is 3.82. The van der Waals surface area contributed by atoms with Crippen molar-refractivity contribution in [1.82, 2.24) is 9.47 Å². The summed E-state index contributed by atoms with van der Waals surface area (Å²) in [6.07, 6.45) is 1.06. The van der Waals surface area contributed by atoms with Crippen molar-refractivity contribution in [2.75, 3.05) is 20.7 Å². The van der Waals surface area contributed by atoms with E-state index in [0.717, 1.165) is 30.8 Å². The van der Waals surface area contributed by atoms with E-state index in [1.54, 1.807) is 7.11 Å². The van der Waals surface area contributed by atoms with Crippen LogP contribution in [0, 0.1) is 6.92 Å². The van der Waals surface area contributed by atoms with Gasteiger partial charge in [0.25, 0.3) is 0 Å². The first-order chi connectivity index (χ1) is 12.9. The van der Waals surface area contributed by atoms with Crippen LogP contribution in [0.2, 0.25) is 0 Å². The Balaban J connectivity index is 1.79. The zero-order chi connectivity index (χ0) is 19.2. The number of aryl methyl sites for hydroxylation is 1. The topological polar surface area (TPSA) is 37.6 Å². The lowest BCUT2D eigenvalue weighted by Crippen LogP contribution is -2.32. The number of hydrogen-bond donors (Lipinski definition) is 1. The number of aromatic nitrogens is 1. The minimum Gasteiger partial charge on any atom is -0.497 e. The van der Waals surface area contributed by atoms with Gasteiger partial charge in [0, 0.05) is 29.7 Å². The number of rotatable bonds is 4. The van der Waals surface area contributed by atoms with Crippen molar-refractivity contribution < 1.29 is 9.84 Å². The molecular weight excluding hydrogens is 336 g/mol. The number of benzene rings is 2. The molecule has 0 amide bonds. The van der Waals surface area contributed by atoms with E-state index >= 15 is 0 Å². The van der Waals surface area contributed by atoms with Crippen molar-refractivity contribution in [2.24, 2.45) is 0 Å². The second-order valence-electron chi connectivity index (χ2n) is 8.02. The van der Waals surface area contributed by atoms with Gasteiger partial charge < -0.3 is 19.3 Å². The van der Waals surface area contributed by atoms with Crippen molar-refractivity contribution in [1.29, 1.82) is 0 Å². The fraction of sp³-hybridized carbons (Fsp3) is 0.391. The normalized spacial score (nSPS) is 16.9. The smallest absolute Gasteiger partial charge is 0.118 e. The molecule has 27 heavy (non-hydrogen) atoms. The van der Waals surface area contributed by atoms with Crippen molar-refractivity contribution in [3.05, 3.63) is 64.8 Å². The number of aliphatic hydroxyl groups is 1. The van der Waals surface area contributed by atoms with Crippen LogP contribution in [0.1, 0.15) is 29.3 Å². The molecule has 0 bridgehead atoms. The van der Waals surface area contributed by atoms with Crippen LogP contribution in [0.15, 0.2) is 42.5 Å². The van der Waals surface area contributed by atoms with Gasteiger partial charge in [0.05, 0.1) is 13.7 Å². The maximum absolute atomic E-state index is 11.3. The van der Waals surface area contributed by atoms with Gasteiger partial charge in [-0.15, -0.1) is 0 Å². The van der Waals surface area contributed by atoms with Crippen LogP contribution in [0.3, 0.4) is 0 Å². The third-order valence-corrected chi connectivity index (χ3v) is 5.78.